The molecule has 0 amide bonds. The molecule has 2 aromatic rings. The van der Waals surface area contributed by atoms with Crippen molar-refractivity contribution in [1.29, 1.82) is 0 Å². The van der Waals surface area contributed by atoms with Gasteiger partial charge in [-0.25, -0.2) is 0 Å². The number of rotatable bonds is 3. The van der Waals surface area contributed by atoms with E-state index in [0.717, 1.165) is 35.0 Å². The first kappa shape index (κ1) is 9.74. The average molecular weight is 254 g/mol. The summed E-state index contributed by atoms with van der Waals surface area (Å²) in [7, 11) is 0. The fourth-order valence-corrected chi connectivity index (χ4v) is 1.99. The van der Waals surface area contributed by atoms with Gasteiger partial charge in [-0.15, -0.1) is 0 Å². The molecule has 0 unspecified atom stereocenters. The van der Waals surface area contributed by atoms with E-state index in [2.05, 4.69) is 34.1 Å². The predicted molar refractivity (Wildman–Crippen MR) is 61.3 cm³/mol. The third kappa shape index (κ3) is 1.83. The minimum absolute atomic E-state index is 0.721. The van der Waals surface area contributed by atoms with Crippen LogP contribution in [0.4, 0.5) is 0 Å². The maximum absolute atomic E-state index is 5.57. The van der Waals surface area contributed by atoms with Gasteiger partial charge in [0.15, 0.2) is 4.67 Å². The van der Waals surface area contributed by atoms with Gasteiger partial charge in [-0.05, 0) is 46.9 Å². The molecule has 2 nitrogen and oxygen atoms in total. The molecular weight excluding hydrogens is 242 g/mol. The van der Waals surface area contributed by atoms with Gasteiger partial charge in [0.1, 0.15) is 5.58 Å². The molecule has 1 aromatic heterocycles. The van der Waals surface area contributed by atoms with Gasteiger partial charge in [-0.2, -0.15) is 0 Å². The zero-order valence-electron chi connectivity index (χ0n) is 7.79. The number of benzene rings is 1. The molecule has 0 radical (unpaired) electrons. The molecule has 0 aliphatic carbocycles. The molecule has 0 fully saturated rings. The number of hydrogen-bond acceptors (Lipinski definition) is 2. The molecule has 0 saturated heterocycles. The normalized spacial score (nSPS) is 11.0. The minimum atomic E-state index is 0.721. The maximum Gasteiger partial charge on any atom is 0.170 e. The Morgan fingerprint density at radius 3 is 3.00 bits per heavy atom. The molecule has 0 bridgehead atoms. The molecule has 0 atom stereocenters. The highest BCUT2D eigenvalue weighted by Crippen LogP contribution is 2.26. The molecule has 0 saturated carbocycles. The molecule has 14 heavy (non-hydrogen) atoms. The van der Waals surface area contributed by atoms with Crippen molar-refractivity contribution >= 4 is 26.9 Å². The summed E-state index contributed by atoms with van der Waals surface area (Å²) < 4.78 is 6.36. The fraction of sp³-hybridized carbons (Fsp3) is 0.273. The summed E-state index contributed by atoms with van der Waals surface area (Å²) in [4.78, 5) is 0. The Labute approximate surface area is 91.2 Å². The van der Waals surface area contributed by atoms with E-state index in [4.69, 9.17) is 10.2 Å². The van der Waals surface area contributed by atoms with Crippen LogP contribution in [0.2, 0.25) is 0 Å². The Bertz CT molecular complexity index is 436. The van der Waals surface area contributed by atoms with E-state index >= 15 is 0 Å². The SMILES string of the molecule is NCCCc1cccc2cc(Br)oc12. The van der Waals surface area contributed by atoms with Crippen molar-refractivity contribution in [2.24, 2.45) is 5.73 Å². The third-order valence-corrected chi connectivity index (χ3v) is 2.64. The second kappa shape index (κ2) is 4.15. The molecular formula is C11H12BrNO. The quantitative estimate of drug-likeness (QED) is 0.914. The van der Waals surface area contributed by atoms with Gasteiger partial charge in [0, 0.05) is 5.39 Å². The molecule has 1 heterocycles. The van der Waals surface area contributed by atoms with Gasteiger partial charge in [0.2, 0.25) is 0 Å². The van der Waals surface area contributed by atoms with E-state index in [0.29, 0.717) is 0 Å². The predicted octanol–water partition coefficient (Wildman–Crippen LogP) is 3.09. The lowest BCUT2D eigenvalue weighted by Gasteiger charge is -1.99. The first-order valence-electron chi connectivity index (χ1n) is 4.68. The van der Waals surface area contributed by atoms with Crippen LogP contribution in [0, 0.1) is 0 Å². The van der Waals surface area contributed by atoms with E-state index in [9.17, 15) is 0 Å². The maximum atomic E-state index is 5.57. The second-order valence-electron chi connectivity index (χ2n) is 3.28. The largest absolute Gasteiger partial charge is 0.449 e. The van der Waals surface area contributed by atoms with Crippen molar-refractivity contribution in [3.05, 3.63) is 34.5 Å². The van der Waals surface area contributed by atoms with Gasteiger partial charge in [-0.3, -0.25) is 0 Å². The van der Waals surface area contributed by atoms with Crippen LogP contribution in [0.1, 0.15) is 12.0 Å². The topological polar surface area (TPSA) is 39.2 Å². The highest BCUT2D eigenvalue weighted by atomic mass is 79.9. The number of furan rings is 1. The van der Waals surface area contributed by atoms with Crippen LogP contribution >= 0.6 is 15.9 Å². The van der Waals surface area contributed by atoms with Crippen LogP contribution in [0.5, 0.6) is 0 Å². The molecule has 0 aliphatic heterocycles. The minimum Gasteiger partial charge on any atom is -0.449 e. The molecule has 74 valence electrons. The zero-order valence-corrected chi connectivity index (χ0v) is 9.38. The molecule has 3 heteroatoms. The van der Waals surface area contributed by atoms with Crippen molar-refractivity contribution in [1.82, 2.24) is 0 Å². The van der Waals surface area contributed by atoms with E-state index < -0.39 is 0 Å². The van der Waals surface area contributed by atoms with E-state index in [-0.39, 0.29) is 0 Å². The van der Waals surface area contributed by atoms with Gasteiger partial charge in [0.25, 0.3) is 0 Å². The number of nitrogens with two attached hydrogens (primary N) is 1. The zero-order chi connectivity index (χ0) is 9.97. The second-order valence-corrected chi connectivity index (χ2v) is 4.06. The molecule has 2 N–H and O–H groups in total. The lowest BCUT2D eigenvalue weighted by atomic mass is 10.1. The summed E-state index contributed by atoms with van der Waals surface area (Å²) in [5, 5.41) is 1.14. The smallest absolute Gasteiger partial charge is 0.170 e. The van der Waals surface area contributed by atoms with E-state index in [1.165, 1.54) is 5.56 Å². The Morgan fingerprint density at radius 2 is 2.21 bits per heavy atom. The number of fused-ring (bicyclic) bond motifs is 1. The Kier molecular flexibility index (Phi) is 2.89. The van der Waals surface area contributed by atoms with Crippen molar-refractivity contribution in [3.8, 4) is 0 Å². The Hall–Kier alpha value is -0.800. The van der Waals surface area contributed by atoms with E-state index in [1.54, 1.807) is 0 Å². The van der Waals surface area contributed by atoms with Crippen LogP contribution in [0.3, 0.4) is 0 Å². The summed E-state index contributed by atoms with van der Waals surface area (Å²) >= 11 is 3.34. The van der Waals surface area contributed by atoms with Gasteiger partial charge >= 0.3 is 0 Å². The number of para-hydroxylation sites is 1. The Morgan fingerprint density at radius 1 is 1.36 bits per heavy atom. The van der Waals surface area contributed by atoms with Gasteiger partial charge in [-0.1, -0.05) is 18.2 Å². The van der Waals surface area contributed by atoms with Gasteiger partial charge in [0.05, 0.1) is 0 Å². The number of halogens is 1. The highest BCUT2D eigenvalue weighted by molar-refractivity contribution is 9.10. The van der Waals surface area contributed by atoms with Crippen LogP contribution in [0.25, 0.3) is 11.0 Å². The highest BCUT2D eigenvalue weighted by Gasteiger charge is 2.05. The summed E-state index contributed by atoms with van der Waals surface area (Å²) in [5.41, 5.74) is 7.70. The molecule has 1 aromatic carbocycles. The number of hydrogen-bond donors (Lipinski definition) is 1. The summed E-state index contributed by atoms with van der Waals surface area (Å²) in [6.45, 7) is 0.721. The Balaban J connectivity index is 2.42. The van der Waals surface area contributed by atoms with Crippen molar-refractivity contribution in [2.45, 2.75) is 12.8 Å². The van der Waals surface area contributed by atoms with Gasteiger partial charge < -0.3 is 10.2 Å². The van der Waals surface area contributed by atoms with Crippen LogP contribution in [-0.2, 0) is 6.42 Å². The molecule has 0 aliphatic rings. The molecule has 2 rings (SSSR count). The number of aryl methyl sites for hydroxylation is 1. The average Bonchev–Trinajstić information content (AvgIpc) is 2.55. The standard InChI is InChI=1S/C11H12BrNO/c12-10-7-9-4-1-3-8(5-2-6-13)11(9)14-10/h1,3-4,7H,2,5-6,13H2. The van der Waals surface area contributed by atoms with Crippen molar-refractivity contribution < 1.29 is 4.42 Å². The summed E-state index contributed by atoms with van der Waals surface area (Å²) in [6.07, 6.45) is 1.98. The third-order valence-electron chi connectivity index (χ3n) is 2.25. The lowest BCUT2D eigenvalue weighted by molar-refractivity contribution is 0.582. The summed E-state index contributed by atoms with van der Waals surface area (Å²) in [5.74, 6) is 0. The van der Waals surface area contributed by atoms with Crippen molar-refractivity contribution in [2.75, 3.05) is 6.54 Å². The molecule has 0 spiro atoms. The fourth-order valence-electron chi connectivity index (χ4n) is 1.58. The van der Waals surface area contributed by atoms with Crippen LogP contribution in [-0.4, -0.2) is 6.54 Å². The lowest BCUT2D eigenvalue weighted by Crippen LogP contribution is -2.00. The van der Waals surface area contributed by atoms with E-state index in [1.807, 2.05) is 6.07 Å². The monoisotopic (exact) mass is 253 g/mol. The van der Waals surface area contributed by atoms with Crippen LogP contribution < -0.4 is 5.73 Å². The van der Waals surface area contributed by atoms with Crippen molar-refractivity contribution in [3.63, 3.8) is 0 Å². The summed E-state index contributed by atoms with van der Waals surface area (Å²) in [6, 6.07) is 8.18. The van der Waals surface area contributed by atoms with Crippen LogP contribution in [0.15, 0.2) is 33.4 Å². The first-order chi connectivity index (χ1) is 6.81. The first-order valence-corrected chi connectivity index (χ1v) is 5.47.